The summed E-state index contributed by atoms with van der Waals surface area (Å²) in [6.45, 7) is 6.92. The predicted molar refractivity (Wildman–Crippen MR) is 174 cm³/mol. The maximum atomic E-state index is 12.0. The summed E-state index contributed by atoms with van der Waals surface area (Å²) in [5.74, 6) is -1.92. The molecule has 0 bridgehead atoms. The molecule has 1 aliphatic heterocycles. The fourth-order valence-electron chi connectivity index (χ4n) is 4.78. The lowest BCUT2D eigenvalue weighted by atomic mass is 9.99. The Balaban J connectivity index is 0.000000727. The molecule has 16 heteroatoms. The third kappa shape index (κ3) is 10.3. The number of rotatable bonds is 12. The summed E-state index contributed by atoms with van der Waals surface area (Å²) in [6, 6.07) is 19.7. The number of benzene rings is 3. The van der Waals surface area contributed by atoms with Crippen molar-refractivity contribution in [2.75, 3.05) is 18.5 Å². The quantitative estimate of drug-likeness (QED) is 0.134. The van der Waals surface area contributed by atoms with Crippen molar-refractivity contribution in [3.8, 4) is 22.9 Å². The van der Waals surface area contributed by atoms with Crippen molar-refractivity contribution in [1.29, 1.82) is 0 Å². The fraction of sp³-hybridized carbons (Fsp3) is 0.324. The molecule has 0 saturated carbocycles. The van der Waals surface area contributed by atoms with Crippen LogP contribution in [0.5, 0.6) is 11.5 Å². The second-order valence-electron chi connectivity index (χ2n) is 11.9. The number of amides is 1. The summed E-state index contributed by atoms with van der Waals surface area (Å²) in [5.41, 5.74) is 2.40. The van der Waals surface area contributed by atoms with E-state index in [1.165, 1.54) is 6.07 Å². The van der Waals surface area contributed by atoms with Crippen LogP contribution in [0.3, 0.4) is 0 Å². The van der Waals surface area contributed by atoms with Crippen LogP contribution in [-0.2, 0) is 22.7 Å². The minimum Gasteiger partial charge on any atom is -0.489 e. The molecule has 266 valence electrons. The van der Waals surface area contributed by atoms with Gasteiger partial charge in [0, 0.05) is 35.8 Å². The Morgan fingerprint density at radius 3 is 2.44 bits per heavy atom. The lowest BCUT2D eigenvalue weighted by molar-refractivity contribution is -0.192. The number of fused-ring (bicyclic) bond motifs is 1. The molecule has 0 radical (unpaired) electrons. The van der Waals surface area contributed by atoms with Crippen LogP contribution in [-0.4, -0.2) is 72.8 Å². The van der Waals surface area contributed by atoms with Gasteiger partial charge in [-0.3, -0.25) is 4.79 Å². The number of carboxylic acid groups (broad SMARTS) is 2. The predicted octanol–water partition coefficient (Wildman–Crippen LogP) is 4.99. The molecule has 1 aliphatic rings. The van der Waals surface area contributed by atoms with Gasteiger partial charge in [-0.2, -0.15) is 18.3 Å². The van der Waals surface area contributed by atoms with E-state index in [1.54, 1.807) is 35.0 Å². The Labute approximate surface area is 284 Å². The summed E-state index contributed by atoms with van der Waals surface area (Å²) in [4.78, 5) is 36.8. The number of nitrogens with zero attached hydrogens (tertiary/aromatic N) is 3. The molecule has 2 heterocycles. The molecule has 3 aromatic carbocycles. The molecule has 5 N–H and O–H groups in total. The zero-order valence-corrected chi connectivity index (χ0v) is 27.3. The molecular formula is C34H36F3N5O8. The van der Waals surface area contributed by atoms with Gasteiger partial charge in [0.25, 0.3) is 5.91 Å². The first-order valence-corrected chi connectivity index (χ1v) is 15.3. The highest BCUT2D eigenvalue weighted by Crippen LogP contribution is 2.39. The molecule has 1 aromatic heterocycles. The molecule has 0 aliphatic carbocycles. The van der Waals surface area contributed by atoms with E-state index in [-0.39, 0.29) is 30.2 Å². The van der Waals surface area contributed by atoms with Gasteiger partial charge in [-0.05, 0) is 51.0 Å². The van der Waals surface area contributed by atoms with Gasteiger partial charge in [-0.1, -0.05) is 42.5 Å². The molecule has 50 heavy (non-hydrogen) atoms. The van der Waals surface area contributed by atoms with Gasteiger partial charge < -0.3 is 35.4 Å². The molecule has 5 rings (SSSR count). The van der Waals surface area contributed by atoms with Crippen molar-refractivity contribution in [3.63, 3.8) is 0 Å². The van der Waals surface area contributed by atoms with Gasteiger partial charge in [0.2, 0.25) is 0 Å². The zero-order chi connectivity index (χ0) is 36.6. The Hall–Kier alpha value is -5.48. The Morgan fingerprint density at radius 2 is 1.78 bits per heavy atom. The Kier molecular flexibility index (Phi) is 11.8. The number of aryl methyl sites for hydroxylation is 2. The number of anilines is 1. The van der Waals surface area contributed by atoms with Crippen LogP contribution >= 0.6 is 0 Å². The van der Waals surface area contributed by atoms with Crippen molar-refractivity contribution in [2.24, 2.45) is 0 Å². The van der Waals surface area contributed by atoms with Crippen molar-refractivity contribution in [1.82, 2.24) is 20.1 Å². The molecule has 1 unspecified atom stereocenters. The number of carboxylic acids is 2. The first kappa shape index (κ1) is 37.3. The number of aromatic carboxylic acids is 1. The average Bonchev–Trinajstić information content (AvgIpc) is 3.45. The summed E-state index contributed by atoms with van der Waals surface area (Å²) in [5, 5.41) is 38.5. The molecule has 0 spiro atoms. The van der Waals surface area contributed by atoms with Gasteiger partial charge >= 0.3 is 18.1 Å². The van der Waals surface area contributed by atoms with Crippen LogP contribution in [0.25, 0.3) is 11.4 Å². The summed E-state index contributed by atoms with van der Waals surface area (Å²) in [6.07, 6.45) is -5.35. The Bertz CT molecular complexity index is 1830. The number of hydrogen-bond acceptors (Lipinski definition) is 9. The van der Waals surface area contributed by atoms with Gasteiger partial charge in [0.15, 0.2) is 12.4 Å². The number of β-amino-alcohol motifs (C(OH)–C–C–N with tert-alkyl or cyclic N) is 1. The van der Waals surface area contributed by atoms with Gasteiger partial charge in [0.1, 0.15) is 23.9 Å². The van der Waals surface area contributed by atoms with Crippen LogP contribution in [0.4, 0.5) is 18.9 Å². The van der Waals surface area contributed by atoms with E-state index in [0.717, 1.165) is 5.56 Å². The van der Waals surface area contributed by atoms with Crippen molar-refractivity contribution < 1.29 is 52.3 Å². The maximum absolute atomic E-state index is 12.0. The second-order valence-corrected chi connectivity index (χ2v) is 11.9. The normalized spacial score (nSPS) is 13.2. The highest BCUT2D eigenvalue weighted by Gasteiger charge is 2.38. The number of aliphatic hydroxyl groups excluding tert-OH is 1. The van der Waals surface area contributed by atoms with Crippen molar-refractivity contribution >= 4 is 23.5 Å². The molecular weight excluding hydrogens is 663 g/mol. The molecule has 1 atom stereocenters. The largest absolute Gasteiger partial charge is 0.490 e. The summed E-state index contributed by atoms with van der Waals surface area (Å²) < 4.78 is 45.2. The van der Waals surface area contributed by atoms with Crippen molar-refractivity contribution in [3.05, 3.63) is 89.2 Å². The van der Waals surface area contributed by atoms with E-state index >= 15 is 0 Å². The lowest BCUT2D eigenvalue weighted by Crippen LogP contribution is -2.42. The van der Waals surface area contributed by atoms with E-state index in [0.29, 0.717) is 59.5 Å². The minimum absolute atomic E-state index is 0.129. The number of aromatic nitrogens is 3. The van der Waals surface area contributed by atoms with Crippen LogP contribution in [0.1, 0.15) is 53.7 Å². The summed E-state index contributed by atoms with van der Waals surface area (Å²) in [7, 11) is 0. The number of carbonyl (C=O) groups is 3. The first-order valence-electron chi connectivity index (χ1n) is 15.3. The van der Waals surface area contributed by atoms with Crippen LogP contribution in [0.2, 0.25) is 0 Å². The topological polar surface area (TPSA) is 185 Å². The third-order valence-corrected chi connectivity index (χ3v) is 7.51. The third-order valence-electron chi connectivity index (χ3n) is 7.51. The molecule has 0 saturated heterocycles. The SMILES string of the molecule is Cc1nc(-c2cccc(C(=O)O)c2)nn1CCC(C)(C)NCC(O)c1cc(OCc2ccccc2)cc2c1OCC(=O)N2.O=C(O)C(F)(F)F. The van der Waals surface area contributed by atoms with E-state index in [2.05, 4.69) is 20.7 Å². The van der Waals surface area contributed by atoms with Crippen LogP contribution in [0.15, 0.2) is 66.7 Å². The van der Waals surface area contributed by atoms with E-state index in [9.17, 15) is 33.0 Å². The molecule has 4 aromatic rings. The number of halogens is 3. The highest BCUT2D eigenvalue weighted by molar-refractivity contribution is 5.96. The number of aliphatic hydroxyl groups is 1. The minimum atomic E-state index is -5.08. The number of nitrogens with one attached hydrogen (secondary N) is 2. The van der Waals surface area contributed by atoms with Crippen molar-refractivity contribution in [2.45, 2.75) is 58.2 Å². The van der Waals surface area contributed by atoms with Crippen LogP contribution in [0, 0.1) is 6.92 Å². The zero-order valence-electron chi connectivity index (χ0n) is 27.3. The maximum Gasteiger partial charge on any atom is 0.490 e. The van der Waals surface area contributed by atoms with E-state index in [1.807, 2.05) is 51.1 Å². The number of ether oxygens (including phenoxy) is 2. The standard InChI is InChI=1S/C32H35N5O6.C2HF3O2/c1-20-34-30(22-10-7-11-23(14-22)31(40)41)36-37(20)13-12-32(2,3)33-17-27(38)25-15-24(42-18-21-8-5-4-6-9-21)16-26-29(25)43-19-28(39)35-26;3-2(4,5)1(6)7/h4-11,14-16,27,33,38H,12-13,17-19H2,1-3H3,(H,35,39)(H,40,41);(H,6,7). The molecule has 0 fully saturated rings. The van der Waals surface area contributed by atoms with Gasteiger partial charge in [-0.15, -0.1) is 0 Å². The van der Waals surface area contributed by atoms with E-state index in [4.69, 9.17) is 19.4 Å². The number of carbonyl (C=O) groups excluding carboxylic acids is 1. The highest BCUT2D eigenvalue weighted by atomic mass is 19.4. The first-order chi connectivity index (χ1) is 23.5. The summed E-state index contributed by atoms with van der Waals surface area (Å²) >= 11 is 0. The number of hydrogen-bond donors (Lipinski definition) is 5. The Morgan fingerprint density at radius 1 is 1.08 bits per heavy atom. The average molecular weight is 700 g/mol. The van der Waals surface area contributed by atoms with E-state index < -0.39 is 24.2 Å². The van der Waals surface area contributed by atoms with Gasteiger partial charge in [0.05, 0.1) is 17.4 Å². The van der Waals surface area contributed by atoms with Gasteiger partial charge in [-0.25, -0.2) is 19.3 Å². The number of alkyl halides is 3. The molecule has 1 amide bonds. The molecule has 13 nitrogen and oxygen atoms in total. The lowest BCUT2D eigenvalue weighted by Gasteiger charge is -2.29. The van der Waals surface area contributed by atoms with Crippen LogP contribution < -0.4 is 20.1 Å². The smallest absolute Gasteiger partial charge is 0.489 e. The second kappa shape index (κ2) is 15.8. The fourth-order valence-corrected chi connectivity index (χ4v) is 4.78. The monoisotopic (exact) mass is 699 g/mol. The number of aliphatic carboxylic acids is 1.